The molecule has 2 nitrogen and oxygen atoms in total. The van der Waals surface area contributed by atoms with Gasteiger partial charge in [0.15, 0.2) is 0 Å². The minimum atomic E-state index is -0.242. The second-order valence-corrected chi connectivity index (χ2v) is 2.25. The van der Waals surface area contributed by atoms with Crippen molar-refractivity contribution in [3.8, 4) is 0 Å². The van der Waals surface area contributed by atoms with Crippen LogP contribution < -0.4 is 5.32 Å². The number of hydrogen-bond donors (Lipinski definition) is 1. The molecule has 0 aromatic carbocycles. The highest BCUT2D eigenvalue weighted by atomic mass is 19.1. The van der Waals surface area contributed by atoms with Crippen molar-refractivity contribution in [2.75, 3.05) is 6.54 Å². The molecule has 0 bridgehead atoms. The molecule has 11 heavy (non-hydrogen) atoms. The Kier molecular flexibility index (Phi) is 2.98. The van der Waals surface area contributed by atoms with Crippen molar-refractivity contribution in [2.24, 2.45) is 0 Å². The van der Waals surface area contributed by atoms with E-state index >= 15 is 0 Å². The van der Waals surface area contributed by atoms with E-state index < -0.39 is 0 Å². The lowest BCUT2D eigenvalue weighted by atomic mass is 10.2. The monoisotopic (exact) mass is 154 g/mol. The Labute approximate surface area is 65.5 Å². The van der Waals surface area contributed by atoms with Crippen molar-refractivity contribution in [3.63, 3.8) is 0 Å². The minimum Gasteiger partial charge on any atom is -0.313 e. The summed E-state index contributed by atoms with van der Waals surface area (Å²) in [5.74, 6) is -0.242. The third-order valence-corrected chi connectivity index (χ3v) is 1.42. The predicted octanol–water partition coefficient (Wildman–Crippen LogP) is 1.33. The van der Waals surface area contributed by atoms with E-state index in [2.05, 4.69) is 10.3 Å². The van der Waals surface area contributed by atoms with Gasteiger partial charge in [0.2, 0.25) is 0 Å². The highest BCUT2D eigenvalue weighted by Crippen LogP contribution is 2.02. The number of aromatic nitrogens is 1. The number of pyridine rings is 1. The van der Waals surface area contributed by atoms with E-state index in [0.29, 0.717) is 12.1 Å². The smallest absolute Gasteiger partial charge is 0.145 e. The Morgan fingerprint density at radius 1 is 1.64 bits per heavy atom. The Balaban J connectivity index is 2.62. The van der Waals surface area contributed by atoms with Crippen LogP contribution in [0.4, 0.5) is 4.39 Å². The largest absolute Gasteiger partial charge is 0.313 e. The van der Waals surface area contributed by atoms with Crippen LogP contribution in [0.3, 0.4) is 0 Å². The number of nitrogens with zero attached hydrogens (tertiary/aromatic N) is 1. The van der Waals surface area contributed by atoms with E-state index in [4.69, 9.17) is 0 Å². The van der Waals surface area contributed by atoms with E-state index in [9.17, 15) is 4.39 Å². The zero-order chi connectivity index (χ0) is 8.10. The van der Waals surface area contributed by atoms with Crippen molar-refractivity contribution in [2.45, 2.75) is 13.5 Å². The van der Waals surface area contributed by atoms with Gasteiger partial charge in [0.25, 0.3) is 0 Å². The summed E-state index contributed by atoms with van der Waals surface area (Å²) >= 11 is 0. The van der Waals surface area contributed by atoms with Crippen LogP contribution in [0.15, 0.2) is 18.5 Å². The summed E-state index contributed by atoms with van der Waals surface area (Å²) in [6.07, 6.45) is 2.82. The van der Waals surface area contributed by atoms with Crippen LogP contribution in [0, 0.1) is 5.82 Å². The topological polar surface area (TPSA) is 24.9 Å². The molecule has 1 aromatic heterocycles. The number of hydrogen-bond acceptors (Lipinski definition) is 2. The van der Waals surface area contributed by atoms with E-state index in [1.54, 1.807) is 12.3 Å². The molecule has 0 spiro atoms. The van der Waals surface area contributed by atoms with Gasteiger partial charge in [-0.1, -0.05) is 6.92 Å². The van der Waals surface area contributed by atoms with Gasteiger partial charge in [0.1, 0.15) is 5.82 Å². The van der Waals surface area contributed by atoms with E-state index in [1.807, 2.05) is 6.92 Å². The average molecular weight is 154 g/mol. The van der Waals surface area contributed by atoms with Gasteiger partial charge in [0.05, 0.1) is 6.20 Å². The molecule has 1 heterocycles. The second-order valence-electron chi connectivity index (χ2n) is 2.25. The van der Waals surface area contributed by atoms with Crippen LogP contribution in [-0.4, -0.2) is 11.5 Å². The predicted molar refractivity (Wildman–Crippen MR) is 41.6 cm³/mol. The Morgan fingerprint density at radius 2 is 2.45 bits per heavy atom. The summed E-state index contributed by atoms with van der Waals surface area (Å²) < 4.78 is 12.8. The maximum absolute atomic E-state index is 12.8. The van der Waals surface area contributed by atoms with Crippen molar-refractivity contribution in [3.05, 3.63) is 29.8 Å². The van der Waals surface area contributed by atoms with Gasteiger partial charge in [-0.2, -0.15) is 0 Å². The first-order valence-corrected chi connectivity index (χ1v) is 3.63. The first-order chi connectivity index (χ1) is 5.34. The molecule has 0 radical (unpaired) electrons. The lowest BCUT2D eigenvalue weighted by Crippen LogP contribution is -2.12. The number of nitrogens with one attached hydrogen (secondary N) is 1. The third kappa shape index (κ3) is 2.27. The molecule has 1 aromatic rings. The summed E-state index contributed by atoms with van der Waals surface area (Å²) in [4.78, 5) is 3.65. The molecule has 0 amide bonds. The van der Waals surface area contributed by atoms with E-state index in [1.165, 1.54) is 6.20 Å². The van der Waals surface area contributed by atoms with Gasteiger partial charge >= 0.3 is 0 Å². The molecule has 3 heteroatoms. The molecule has 1 rings (SSSR count). The standard InChI is InChI=1S/C8H11FN2/c1-2-10-5-7-3-4-11-6-8(7)9/h3-4,6,10H,2,5H2,1H3. The van der Waals surface area contributed by atoms with Crippen LogP contribution in [0.5, 0.6) is 0 Å². The molecule has 0 aliphatic heterocycles. The zero-order valence-electron chi connectivity index (χ0n) is 6.47. The summed E-state index contributed by atoms with van der Waals surface area (Å²) in [5, 5.41) is 3.04. The fourth-order valence-corrected chi connectivity index (χ4v) is 0.807. The van der Waals surface area contributed by atoms with Gasteiger partial charge in [-0.05, 0) is 12.6 Å². The van der Waals surface area contributed by atoms with E-state index in [-0.39, 0.29) is 5.82 Å². The first kappa shape index (κ1) is 8.14. The molecule has 0 aliphatic rings. The van der Waals surface area contributed by atoms with Crippen molar-refractivity contribution >= 4 is 0 Å². The molecule has 0 aliphatic carbocycles. The van der Waals surface area contributed by atoms with Gasteiger partial charge in [-0.15, -0.1) is 0 Å². The number of rotatable bonds is 3. The van der Waals surface area contributed by atoms with Crippen LogP contribution in [0.2, 0.25) is 0 Å². The van der Waals surface area contributed by atoms with Gasteiger partial charge in [-0.25, -0.2) is 4.39 Å². The molecular weight excluding hydrogens is 143 g/mol. The Morgan fingerprint density at radius 3 is 3.09 bits per heavy atom. The van der Waals surface area contributed by atoms with Crippen LogP contribution in [0.25, 0.3) is 0 Å². The number of halogens is 1. The maximum atomic E-state index is 12.8. The van der Waals surface area contributed by atoms with Crippen LogP contribution >= 0.6 is 0 Å². The fourth-order valence-electron chi connectivity index (χ4n) is 0.807. The SMILES string of the molecule is CCNCc1ccncc1F. The lowest BCUT2D eigenvalue weighted by molar-refractivity contribution is 0.587. The molecule has 0 saturated heterocycles. The summed E-state index contributed by atoms with van der Waals surface area (Å²) in [6.45, 7) is 3.41. The summed E-state index contributed by atoms with van der Waals surface area (Å²) in [7, 11) is 0. The maximum Gasteiger partial charge on any atom is 0.145 e. The third-order valence-electron chi connectivity index (χ3n) is 1.42. The highest BCUT2D eigenvalue weighted by molar-refractivity contribution is 5.11. The molecular formula is C8H11FN2. The fraction of sp³-hybridized carbons (Fsp3) is 0.375. The van der Waals surface area contributed by atoms with E-state index in [0.717, 1.165) is 6.54 Å². The second kappa shape index (κ2) is 4.03. The Bertz CT molecular complexity index is 225. The summed E-state index contributed by atoms with van der Waals surface area (Å²) in [5.41, 5.74) is 0.668. The molecule has 1 N–H and O–H groups in total. The highest BCUT2D eigenvalue weighted by Gasteiger charge is 1.98. The van der Waals surface area contributed by atoms with Crippen LogP contribution in [0.1, 0.15) is 12.5 Å². The quantitative estimate of drug-likeness (QED) is 0.710. The summed E-state index contributed by atoms with van der Waals surface area (Å²) in [6, 6.07) is 1.68. The molecule has 0 atom stereocenters. The van der Waals surface area contributed by atoms with Crippen molar-refractivity contribution < 1.29 is 4.39 Å². The minimum absolute atomic E-state index is 0.242. The molecule has 60 valence electrons. The van der Waals surface area contributed by atoms with Gasteiger partial charge in [-0.3, -0.25) is 4.98 Å². The first-order valence-electron chi connectivity index (χ1n) is 3.63. The average Bonchev–Trinajstić information content (AvgIpc) is 2.03. The van der Waals surface area contributed by atoms with Gasteiger partial charge < -0.3 is 5.32 Å². The molecule has 0 unspecified atom stereocenters. The normalized spacial score (nSPS) is 10.0. The van der Waals surface area contributed by atoms with Gasteiger partial charge in [0, 0.05) is 18.3 Å². The van der Waals surface area contributed by atoms with Crippen LogP contribution in [-0.2, 0) is 6.54 Å². The lowest BCUT2D eigenvalue weighted by Gasteiger charge is -2.01. The molecule has 0 saturated carbocycles. The van der Waals surface area contributed by atoms with Crippen molar-refractivity contribution in [1.29, 1.82) is 0 Å². The van der Waals surface area contributed by atoms with Crippen molar-refractivity contribution in [1.82, 2.24) is 10.3 Å². The molecule has 0 fully saturated rings. The zero-order valence-corrected chi connectivity index (χ0v) is 6.47. The Hall–Kier alpha value is -0.960.